The van der Waals surface area contributed by atoms with E-state index in [9.17, 15) is 9.59 Å². The Morgan fingerprint density at radius 1 is 0.714 bits per heavy atom. The van der Waals surface area contributed by atoms with Gasteiger partial charge in [0.1, 0.15) is 11.5 Å². The predicted octanol–water partition coefficient (Wildman–Crippen LogP) is 4.48. The van der Waals surface area contributed by atoms with Crippen LogP contribution in [-0.4, -0.2) is 26.0 Å². The van der Waals surface area contributed by atoms with E-state index in [1.807, 2.05) is 6.07 Å². The first-order chi connectivity index (χ1) is 13.6. The largest absolute Gasteiger partial charge is 0.497 e. The van der Waals surface area contributed by atoms with Crippen molar-refractivity contribution in [2.75, 3.05) is 14.2 Å². The minimum atomic E-state index is -1.14. The molecular formula is C23H20O5. The summed E-state index contributed by atoms with van der Waals surface area (Å²) in [5.41, 5.74) is 1.27. The molecular weight excluding hydrogens is 356 g/mol. The van der Waals surface area contributed by atoms with Crippen LogP contribution in [0.15, 0.2) is 78.9 Å². The van der Waals surface area contributed by atoms with E-state index >= 15 is 0 Å². The van der Waals surface area contributed by atoms with Crippen LogP contribution in [0, 0.1) is 0 Å². The highest BCUT2D eigenvalue weighted by atomic mass is 16.5. The van der Waals surface area contributed by atoms with Crippen molar-refractivity contribution < 1.29 is 23.8 Å². The number of hydrogen-bond donors (Lipinski definition) is 0. The molecule has 3 rings (SSSR count). The number of hydrogen-bond acceptors (Lipinski definition) is 5. The van der Waals surface area contributed by atoms with Crippen LogP contribution in [0.1, 0.15) is 32.4 Å². The first kappa shape index (κ1) is 19.2. The average molecular weight is 376 g/mol. The van der Waals surface area contributed by atoms with E-state index in [2.05, 4.69) is 0 Å². The van der Waals surface area contributed by atoms with E-state index in [0.29, 0.717) is 28.2 Å². The molecule has 1 unspecified atom stereocenters. The average Bonchev–Trinajstić information content (AvgIpc) is 2.77. The molecule has 3 aromatic carbocycles. The summed E-state index contributed by atoms with van der Waals surface area (Å²) in [6.45, 7) is 0. The summed E-state index contributed by atoms with van der Waals surface area (Å²) >= 11 is 0. The van der Waals surface area contributed by atoms with Gasteiger partial charge in [0.25, 0.3) is 0 Å². The van der Waals surface area contributed by atoms with Crippen molar-refractivity contribution in [2.45, 2.75) is 6.10 Å². The lowest BCUT2D eigenvalue weighted by Crippen LogP contribution is -2.20. The molecule has 0 aliphatic rings. The van der Waals surface area contributed by atoms with Crippen molar-refractivity contribution in [1.29, 1.82) is 0 Å². The minimum absolute atomic E-state index is 0.333. The Morgan fingerprint density at radius 2 is 1.21 bits per heavy atom. The Bertz CT molecular complexity index is 929. The number of methoxy groups -OCH3 is 2. The summed E-state index contributed by atoms with van der Waals surface area (Å²) < 4.78 is 16.2. The lowest BCUT2D eigenvalue weighted by atomic mass is 9.99. The van der Waals surface area contributed by atoms with Gasteiger partial charge in [0.2, 0.25) is 5.78 Å². The molecule has 28 heavy (non-hydrogen) atoms. The molecule has 0 aliphatic heterocycles. The van der Waals surface area contributed by atoms with E-state index in [4.69, 9.17) is 14.2 Å². The van der Waals surface area contributed by atoms with Gasteiger partial charge in [-0.25, -0.2) is 4.79 Å². The lowest BCUT2D eigenvalue weighted by molar-refractivity contribution is 0.0279. The Labute approximate surface area is 163 Å². The maximum Gasteiger partial charge on any atom is 0.339 e. The first-order valence-corrected chi connectivity index (χ1v) is 8.70. The summed E-state index contributed by atoms with van der Waals surface area (Å²) in [5, 5.41) is 0. The van der Waals surface area contributed by atoms with Crippen molar-refractivity contribution in [1.82, 2.24) is 0 Å². The smallest absolute Gasteiger partial charge is 0.339 e. The number of esters is 1. The van der Waals surface area contributed by atoms with Crippen molar-refractivity contribution >= 4 is 11.8 Å². The zero-order valence-corrected chi connectivity index (χ0v) is 15.6. The van der Waals surface area contributed by atoms with Gasteiger partial charge in [-0.1, -0.05) is 48.5 Å². The number of benzene rings is 3. The quantitative estimate of drug-likeness (QED) is 0.449. The Kier molecular flexibility index (Phi) is 6.07. The predicted molar refractivity (Wildman–Crippen MR) is 105 cm³/mol. The van der Waals surface area contributed by atoms with Gasteiger partial charge in [-0.2, -0.15) is 0 Å². The fourth-order valence-corrected chi connectivity index (χ4v) is 2.76. The zero-order chi connectivity index (χ0) is 19.9. The van der Waals surface area contributed by atoms with Gasteiger partial charge in [-0.15, -0.1) is 0 Å². The first-order valence-electron chi connectivity index (χ1n) is 8.70. The van der Waals surface area contributed by atoms with Gasteiger partial charge in [0, 0.05) is 17.2 Å². The minimum Gasteiger partial charge on any atom is -0.497 e. The van der Waals surface area contributed by atoms with Crippen molar-refractivity contribution in [3.63, 3.8) is 0 Å². The standard InChI is InChI=1S/C23H20O5/c1-26-19-13-18(14-20(15-19)27-2)22(21(24)16-9-5-3-6-10-16)28-23(25)17-11-7-4-8-12-17/h3-15,22H,1-2H3. The third kappa shape index (κ3) is 4.38. The van der Waals surface area contributed by atoms with Gasteiger partial charge >= 0.3 is 5.97 Å². The van der Waals surface area contributed by atoms with Crippen molar-refractivity contribution in [2.24, 2.45) is 0 Å². The van der Waals surface area contributed by atoms with Crippen molar-refractivity contribution in [3.05, 3.63) is 95.6 Å². The molecule has 0 spiro atoms. The molecule has 0 heterocycles. The maximum absolute atomic E-state index is 13.2. The second-order valence-electron chi connectivity index (χ2n) is 6.03. The third-order valence-corrected chi connectivity index (χ3v) is 4.21. The molecule has 0 aliphatic carbocycles. The fraction of sp³-hybridized carbons (Fsp3) is 0.130. The van der Waals surface area contributed by atoms with E-state index in [1.165, 1.54) is 14.2 Å². The van der Waals surface area contributed by atoms with E-state index in [1.54, 1.807) is 72.8 Å². The molecule has 5 heteroatoms. The maximum atomic E-state index is 13.2. The summed E-state index contributed by atoms with van der Waals surface area (Å²) in [6.07, 6.45) is -1.14. The highest BCUT2D eigenvalue weighted by Crippen LogP contribution is 2.31. The van der Waals surface area contributed by atoms with Crippen LogP contribution in [0.25, 0.3) is 0 Å². The number of carbonyl (C=O) groups is 2. The van der Waals surface area contributed by atoms with E-state index in [0.717, 1.165) is 0 Å². The number of carbonyl (C=O) groups excluding carboxylic acids is 2. The SMILES string of the molecule is COc1cc(OC)cc(C(OC(=O)c2ccccc2)C(=O)c2ccccc2)c1. The number of rotatable bonds is 7. The van der Waals surface area contributed by atoms with Crippen LogP contribution in [-0.2, 0) is 4.74 Å². The number of ether oxygens (including phenoxy) is 3. The molecule has 0 amide bonds. The van der Waals surface area contributed by atoms with Crippen LogP contribution < -0.4 is 9.47 Å². The molecule has 0 N–H and O–H groups in total. The molecule has 0 radical (unpaired) electrons. The van der Waals surface area contributed by atoms with E-state index < -0.39 is 12.1 Å². The zero-order valence-electron chi connectivity index (χ0n) is 15.6. The Morgan fingerprint density at radius 3 is 1.71 bits per heavy atom. The van der Waals surface area contributed by atoms with Gasteiger partial charge in [0.05, 0.1) is 19.8 Å². The number of Topliss-reactive ketones (excluding diaryl/α,β-unsaturated/α-hetero) is 1. The van der Waals surface area contributed by atoms with Gasteiger partial charge < -0.3 is 14.2 Å². The second-order valence-corrected chi connectivity index (χ2v) is 6.03. The molecule has 0 fully saturated rings. The van der Waals surface area contributed by atoms with Crippen LogP contribution in [0.2, 0.25) is 0 Å². The van der Waals surface area contributed by atoms with Crippen molar-refractivity contribution in [3.8, 4) is 11.5 Å². The molecule has 0 bridgehead atoms. The molecule has 142 valence electrons. The monoisotopic (exact) mass is 376 g/mol. The topological polar surface area (TPSA) is 61.8 Å². The Balaban J connectivity index is 2.02. The van der Waals surface area contributed by atoms with Crippen LogP contribution in [0.5, 0.6) is 11.5 Å². The number of ketones is 1. The van der Waals surface area contributed by atoms with Gasteiger partial charge in [-0.3, -0.25) is 4.79 Å². The summed E-state index contributed by atoms with van der Waals surface area (Å²) in [7, 11) is 3.03. The van der Waals surface area contributed by atoms with Crippen LogP contribution in [0.3, 0.4) is 0 Å². The molecule has 5 nitrogen and oxygen atoms in total. The molecule has 3 aromatic rings. The third-order valence-electron chi connectivity index (χ3n) is 4.21. The highest BCUT2D eigenvalue weighted by Gasteiger charge is 2.28. The van der Waals surface area contributed by atoms with E-state index in [-0.39, 0.29) is 5.78 Å². The normalized spacial score (nSPS) is 11.4. The second kappa shape index (κ2) is 8.86. The Hall–Kier alpha value is -3.60. The summed E-state index contributed by atoms with van der Waals surface area (Å²) in [4.78, 5) is 25.8. The highest BCUT2D eigenvalue weighted by molar-refractivity contribution is 6.02. The van der Waals surface area contributed by atoms with Gasteiger partial charge in [0.15, 0.2) is 6.10 Å². The fourth-order valence-electron chi connectivity index (χ4n) is 2.76. The van der Waals surface area contributed by atoms with Crippen LogP contribution in [0.4, 0.5) is 0 Å². The summed E-state index contributed by atoms with van der Waals surface area (Å²) in [6, 6.07) is 22.3. The van der Waals surface area contributed by atoms with Gasteiger partial charge in [-0.05, 0) is 24.3 Å². The molecule has 0 saturated heterocycles. The molecule has 0 saturated carbocycles. The molecule has 1 atom stereocenters. The summed E-state index contributed by atoms with van der Waals surface area (Å²) in [5.74, 6) is 0.0730. The van der Waals surface area contributed by atoms with Crippen LogP contribution >= 0.6 is 0 Å². The molecule has 0 aromatic heterocycles. The lowest BCUT2D eigenvalue weighted by Gasteiger charge is -2.19.